The Balaban J connectivity index is 1.58. The number of rotatable bonds is 7. The first-order chi connectivity index (χ1) is 14.6. The summed E-state index contributed by atoms with van der Waals surface area (Å²) in [5.41, 5.74) is 1.86. The molecule has 0 radical (unpaired) electrons. The Morgan fingerprint density at radius 2 is 2.20 bits per heavy atom. The van der Waals surface area contributed by atoms with Crippen molar-refractivity contribution in [2.45, 2.75) is 49.7 Å². The third-order valence-electron chi connectivity index (χ3n) is 5.24. The van der Waals surface area contributed by atoms with E-state index >= 15 is 0 Å². The summed E-state index contributed by atoms with van der Waals surface area (Å²) >= 11 is 2.79. The van der Waals surface area contributed by atoms with Crippen molar-refractivity contribution in [1.29, 1.82) is 0 Å². The summed E-state index contributed by atoms with van der Waals surface area (Å²) < 4.78 is 7.23. The number of hydrogen-bond donors (Lipinski definition) is 1. The van der Waals surface area contributed by atoms with Gasteiger partial charge in [-0.1, -0.05) is 42.1 Å². The molecule has 1 saturated heterocycles. The Kier molecular flexibility index (Phi) is 6.55. The molecule has 1 N–H and O–H groups in total. The number of thiophene rings is 1. The molecule has 1 fully saturated rings. The zero-order chi connectivity index (χ0) is 21.1. The molecule has 0 aliphatic carbocycles. The van der Waals surface area contributed by atoms with Crippen LogP contribution in [0.4, 0.5) is 0 Å². The highest BCUT2D eigenvalue weighted by atomic mass is 32.2. The molecule has 158 valence electrons. The number of hydrogen-bond acceptors (Lipinski definition) is 6. The van der Waals surface area contributed by atoms with Gasteiger partial charge in [0.15, 0.2) is 5.16 Å². The molecule has 2 aromatic heterocycles. The van der Waals surface area contributed by atoms with Crippen LogP contribution in [0, 0.1) is 0 Å². The van der Waals surface area contributed by atoms with Gasteiger partial charge in [0.05, 0.1) is 16.7 Å². The average molecular weight is 444 g/mol. The van der Waals surface area contributed by atoms with Crippen molar-refractivity contribution in [3.63, 3.8) is 0 Å². The van der Waals surface area contributed by atoms with Gasteiger partial charge in [0, 0.05) is 30.6 Å². The number of ether oxygens (including phenoxy) is 1. The lowest BCUT2D eigenvalue weighted by Crippen LogP contribution is -2.36. The van der Waals surface area contributed by atoms with Gasteiger partial charge in [-0.2, -0.15) is 0 Å². The molecular formula is C22H25N3O3S2. The quantitative estimate of drug-likeness (QED) is 0.443. The van der Waals surface area contributed by atoms with Crippen LogP contribution in [0.5, 0.6) is 0 Å². The molecule has 0 saturated carbocycles. The number of carbonyl (C=O) groups is 1. The molecule has 3 heterocycles. The predicted molar refractivity (Wildman–Crippen MR) is 122 cm³/mol. The summed E-state index contributed by atoms with van der Waals surface area (Å²) in [4.78, 5) is 31.3. The number of nitrogens with zero attached hydrogens (tertiary/aromatic N) is 2. The van der Waals surface area contributed by atoms with Gasteiger partial charge in [-0.05, 0) is 32.3 Å². The minimum Gasteiger partial charge on any atom is -0.376 e. The van der Waals surface area contributed by atoms with Gasteiger partial charge in [0.2, 0.25) is 5.91 Å². The number of thioether (sulfide) groups is 1. The highest BCUT2D eigenvalue weighted by Gasteiger charge is 2.22. The smallest absolute Gasteiger partial charge is 0.263 e. The lowest BCUT2D eigenvalue weighted by molar-refractivity contribution is -0.120. The molecule has 1 aromatic carbocycles. The second-order valence-electron chi connectivity index (χ2n) is 7.28. The molecule has 8 heteroatoms. The maximum Gasteiger partial charge on any atom is 0.263 e. The fourth-order valence-corrected chi connectivity index (χ4v) is 5.57. The van der Waals surface area contributed by atoms with E-state index in [9.17, 15) is 9.59 Å². The maximum absolute atomic E-state index is 13.3. The minimum absolute atomic E-state index is 0.0583. The van der Waals surface area contributed by atoms with E-state index in [1.54, 1.807) is 4.57 Å². The van der Waals surface area contributed by atoms with E-state index in [2.05, 4.69) is 5.32 Å². The Morgan fingerprint density at radius 3 is 2.90 bits per heavy atom. The Morgan fingerprint density at radius 1 is 1.40 bits per heavy atom. The van der Waals surface area contributed by atoms with Crippen molar-refractivity contribution < 1.29 is 9.53 Å². The third kappa shape index (κ3) is 4.31. The Labute approximate surface area is 183 Å². The molecule has 30 heavy (non-hydrogen) atoms. The fraction of sp³-hybridized carbons (Fsp3) is 0.409. The third-order valence-corrected chi connectivity index (χ3v) is 7.20. The van der Waals surface area contributed by atoms with Gasteiger partial charge < -0.3 is 10.1 Å². The van der Waals surface area contributed by atoms with E-state index in [-0.39, 0.29) is 22.8 Å². The van der Waals surface area contributed by atoms with Gasteiger partial charge in [-0.15, -0.1) is 11.3 Å². The topological polar surface area (TPSA) is 73.2 Å². The van der Waals surface area contributed by atoms with Crippen molar-refractivity contribution in [3.8, 4) is 11.1 Å². The standard InChI is InChI=1S/C22H25N3O3S2/c1-3-25-21(27)18-17(15-8-5-4-6-9-15)13-29-20(18)24-22(25)30-14(2)19(26)23-12-16-10-7-11-28-16/h4-6,8-9,13-14,16H,3,7,10-12H2,1-2H3,(H,23,26)/t14-,16-/m0/s1. The number of fused-ring (bicyclic) bond motifs is 1. The van der Waals surface area contributed by atoms with Crippen LogP contribution in [0.1, 0.15) is 26.7 Å². The van der Waals surface area contributed by atoms with Crippen LogP contribution < -0.4 is 10.9 Å². The fourth-order valence-electron chi connectivity index (χ4n) is 3.58. The maximum atomic E-state index is 13.3. The number of nitrogens with one attached hydrogen (secondary N) is 1. The molecule has 3 aromatic rings. The van der Waals surface area contributed by atoms with Crippen LogP contribution in [-0.4, -0.2) is 40.0 Å². The van der Waals surface area contributed by atoms with Crippen LogP contribution in [-0.2, 0) is 16.1 Å². The summed E-state index contributed by atoms with van der Waals surface area (Å²) in [5.74, 6) is -0.0661. The zero-order valence-electron chi connectivity index (χ0n) is 17.1. The van der Waals surface area contributed by atoms with E-state index in [1.807, 2.05) is 49.6 Å². The van der Waals surface area contributed by atoms with Gasteiger partial charge in [-0.3, -0.25) is 14.2 Å². The van der Waals surface area contributed by atoms with Gasteiger partial charge in [-0.25, -0.2) is 4.98 Å². The number of amides is 1. The summed E-state index contributed by atoms with van der Waals surface area (Å²) in [6.07, 6.45) is 2.14. The SMILES string of the molecule is CCn1c(S[C@@H](C)C(=O)NC[C@@H]2CCCO2)nc2scc(-c3ccccc3)c2c1=O. The summed E-state index contributed by atoms with van der Waals surface area (Å²) in [6.45, 7) is 5.56. The van der Waals surface area contributed by atoms with Gasteiger partial charge >= 0.3 is 0 Å². The summed E-state index contributed by atoms with van der Waals surface area (Å²) in [6, 6.07) is 9.89. The molecule has 1 aliphatic heterocycles. The van der Waals surface area contributed by atoms with Crippen LogP contribution in [0.3, 0.4) is 0 Å². The van der Waals surface area contributed by atoms with Crippen molar-refractivity contribution in [2.24, 2.45) is 0 Å². The Bertz CT molecular complexity index is 1090. The lowest BCUT2D eigenvalue weighted by Gasteiger charge is -2.16. The largest absolute Gasteiger partial charge is 0.376 e. The van der Waals surface area contributed by atoms with Gasteiger partial charge in [0.25, 0.3) is 5.56 Å². The van der Waals surface area contributed by atoms with Gasteiger partial charge in [0.1, 0.15) is 4.83 Å². The van der Waals surface area contributed by atoms with Crippen molar-refractivity contribution in [1.82, 2.24) is 14.9 Å². The molecule has 0 bridgehead atoms. The predicted octanol–water partition coefficient (Wildman–Crippen LogP) is 3.92. The number of carbonyl (C=O) groups excluding carboxylic acids is 1. The Hall–Kier alpha value is -2.16. The second-order valence-corrected chi connectivity index (χ2v) is 9.45. The van der Waals surface area contributed by atoms with E-state index in [0.29, 0.717) is 28.5 Å². The molecule has 2 atom stereocenters. The molecule has 6 nitrogen and oxygen atoms in total. The van der Waals surface area contributed by atoms with Crippen LogP contribution in [0.25, 0.3) is 21.3 Å². The molecule has 1 aliphatic rings. The van der Waals surface area contributed by atoms with Crippen LogP contribution in [0.15, 0.2) is 45.7 Å². The molecular weight excluding hydrogens is 418 g/mol. The number of aromatic nitrogens is 2. The zero-order valence-corrected chi connectivity index (χ0v) is 18.7. The van der Waals surface area contributed by atoms with Crippen LogP contribution >= 0.6 is 23.1 Å². The van der Waals surface area contributed by atoms with Crippen molar-refractivity contribution in [2.75, 3.05) is 13.2 Å². The van der Waals surface area contributed by atoms with E-state index in [1.165, 1.54) is 23.1 Å². The lowest BCUT2D eigenvalue weighted by atomic mass is 10.1. The molecule has 1 amide bonds. The minimum atomic E-state index is -0.359. The van der Waals surface area contributed by atoms with Crippen molar-refractivity contribution in [3.05, 3.63) is 46.1 Å². The van der Waals surface area contributed by atoms with E-state index in [4.69, 9.17) is 9.72 Å². The van der Waals surface area contributed by atoms with Crippen molar-refractivity contribution >= 4 is 39.2 Å². The van der Waals surface area contributed by atoms with Crippen LogP contribution in [0.2, 0.25) is 0 Å². The highest BCUT2D eigenvalue weighted by Crippen LogP contribution is 2.32. The average Bonchev–Trinajstić information content (AvgIpc) is 3.43. The first kappa shape index (κ1) is 21.1. The summed E-state index contributed by atoms with van der Waals surface area (Å²) in [5, 5.41) is 5.82. The first-order valence-electron chi connectivity index (χ1n) is 10.2. The van der Waals surface area contributed by atoms with E-state index < -0.39 is 0 Å². The highest BCUT2D eigenvalue weighted by molar-refractivity contribution is 8.00. The molecule has 0 unspecified atom stereocenters. The first-order valence-corrected chi connectivity index (χ1v) is 12.0. The monoisotopic (exact) mass is 443 g/mol. The second kappa shape index (κ2) is 9.32. The number of benzene rings is 1. The normalized spacial score (nSPS) is 17.3. The van der Waals surface area contributed by atoms with E-state index in [0.717, 1.165) is 30.6 Å². The summed E-state index contributed by atoms with van der Waals surface area (Å²) in [7, 11) is 0. The molecule has 0 spiro atoms. The molecule has 4 rings (SSSR count).